The summed E-state index contributed by atoms with van der Waals surface area (Å²) in [6.07, 6.45) is 0.919. The van der Waals surface area contributed by atoms with Gasteiger partial charge in [-0.25, -0.2) is 9.38 Å². The van der Waals surface area contributed by atoms with Gasteiger partial charge in [-0.3, -0.25) is 10.1 Å². The number of carbonyl (C=O) groups is 1. The van der Waals surface area contributed by atoms with Crippen LogP contribution in [0.1, 0.15) is 22.8 Å². The monoisotopic (exact) mass is 368 g/mol. The molecule has 1 heterocycles. The zero-order chi connectivity index (χ0) is 19.2. The number of aliphatic imine (C=N–C) groups is 1. The van der Waals surface area contributed by atoms with E-state index in [4.69, 9.17) is 4.99 Å². The molecule has 5 nitrogen and oxygen atoms in total. The summed E-state index contributed by atoms with van der Waals surface area (Å²) in [4.78, 5) is 21.6. The van der Waals surface area contributed by atoms with Gasteiger partial charge in [-0.1, -0.05) is 25.1 Å². The Hall–Kier alpha value is -2.73. The molecule has 0 atom stereocenters. The van der Waals surface area contributed by atoms with Crippen molar-refractivity contribution in [2.24, 2.45) is 4.99 Å². The maximum absolute atomic E-state index is 13.5. The molecule has 6 heteroatoms. The van der Waals surface area contributed by atoms with Gasteiger partial charge in [-0.05, 0) is 49.4 Å². The third-order valence-corrected chi connectivity index (χ3v) is 4.67. The Bertz CT molecular complexity index is 828. The van der Waals surface area contributed by atoms with Crippen molar-refractivity contribution >= 4 is 17.6 Å². The van der Waals surface area contributed by atoms with Crippen LogP contribution in [0.3, 0.4) is 0 Å². The van der Waals surface area contributed by atoms with Crippen LogP contribution in [0.5, 0.6) is 0 Å². The van der Waals surface area contributed by atoms with Crippen molar-refractivity contribution in [3.63, 3.8) is 0 Å². The van der Waals surface area contributed by atoms with E-state index in [1.165, 1.54) is 23.8 Å². The van der Waals surface area contributed by atoms with Crippen molar-refractivity contribution < 1.29 is 9.18 Å². The lowest BCUT2D eigenvalue weighted by molar-refractivity contribution is 0.0969. The molecule has 1 aliphatic rings. The van der Waals surface area contributed by atoms with Gasteiger partial charge in [-0.2, -0.15) is 0 Å². The normalized spacial score (nSPS) is 15.7. The number of nitrogens with one attached hydrogen (secondary N) is 1. The first-order chi connectivity index (χ1) is 13.0. The number of piperazine rings is 1. The van der Waals surface area contributed by atoms with E-state index >= 15 is 0 Å². The fraction of sp³-hybridized carbons (Fsp3) is 0.333. The second-order valence-corrected chi connectivity index (χ2v) is 6.71. The van der Waals surface area contributed by atoms with E-state index in [-0.39, 0.29) is 11.5 Å². The molecule has 0 radical (unpaired) electrons. The molecule has 27 heavy (non-hydrogen) atoms. The standard InChI is InChI=1S/C21H25FN4O/c1-3-16-6-4-9-19(14-16)23-21(26-12-10-25(2)11-13-26)24-20(27)17-7-5-8-18(22)15-17/h4-9,14-15H,3,10-13H2,1-2H3,(H,23,24,27). The first-order valence-corrected chi connectivity index (χ1v) is 9.23. The lowest BCUT2D eigenvalue weighted by Crippen LogP contribution is -2.52. The van der Waals surface area contributed by atoms with Crippen molar-refractivity contribution in [1.29, 1.82) is 0 Å². The molecule has 0 spiro atoms. The third-order valence-electron chi connectivity index (χ3n) is 4.67. The molecule has 1 fully saturated rings. The van der Waals surface area contributed by atoms with Gasteiger partial charge in [-0.15, -0.1) is 0 Å². The molecule has 2 aromatic carbocycles. The Labute approximate surface area is 159 Å². The van der Waals surface area contributed by atoms with E-state index in [0.717, 1.165) is 38.3 Å². The maximum Gasteiger partial charge on any atom is 0.258 e. The summed E-state index contributed by atoms with van der Waals surface area (Å²) in [7, 11) is 2.07. The molecular weight excluding hydrogens is 343 g/mol. The van der Waals surface area contributed by atoms with E-state index in [1.807, 2.05) is 18.2 Å². The average Bonchev–Trinajstić information content (AvgIpc) is 2.68. The van der Waals surface area contributed by atoms with Crippen LogP contribution in [-0.4, -0.2) is 54.9 Å². The number of hydrogen-bond acceptors (Lipinski definition) is 3. The molecule has 2 aromatic rings. The molecule has 0 aliphatic carbocycles. The van der Waals surface area contributed by atoms with Crippen LogP contribution in [0.15, 0.2) is 53.5 Å². The minimum absolute atomic E-state index is 0.277. The van der Waals surface area contributed by atoms with E-state index in [2.05, 4.69) is 35.2 Å². The fourth-order valence-electron chi connectivity index (χ4n) is 2.97. The summed E-state index contributed by atoms with van der Waals surface area (Å²) in [5.41, 5.74) is 2.26. The molecule has 1 saturated heterocycles. The van der Waals surface area contributed by atoms with E-state index in [9.17, 15) is 9.18 Å². The summed E-state index contributed by atoms with van der Waals surface area (Å²) in [6, 6.07) is 13.6. The predicted octanol–water partition coefficient (Wildman–Crippen LogP) is 3.05. The minimum atomic E-state index is -0.434. The van der Waals surface area contributed by atoms with Crippen LogP contribution in [0.25, 0.3) is 0 Å². The third kappa shape index (κ3) is 5.14. The van der Waals surface area contributed by atoms with Gasteiger partial charge in [0.2, 0.25) is 5.96 Å². The molecular formula is C21H25FN4O. The minimum Gasteiger partial charge on any atom is -0.340 e. The number of rotatable bonds is 3. The second-order valence-electron chi connectivity index (χ2n) is 6.71. The Morgan fingerprint density at radius 2 is 1.85 bits per heavy atom. The number of amides is 1. The smallest absolute Gasteiger partial charge is 0.258 e. The zero-order valence-electron chi connectivity index (χ0n) is 15.8. The number of guanidine groups is 1. The number of nitrogens with zero attached hydrogens (tertiary/aromatic N) is 3. The SMILES string of the molecule is CCc1cccc(N=C(NC(=O)c2cccc(F)c2)N2CCN(C)CC2)c1. The van der Waals surface area contributed by atoms with Gasteiger partial charge in [0.05, 0.1) is 5.69 Å². The van der Waals surface area contributed by atoms with Crippen molar-refractivity contribution in [2.45, 2.75) is 13.3 Å². The number of hydrogen-bond donors (Lipinski definition) is 1. The number of likely N-dealkylation sites (N-methyl/N-ethyl adjacent to an activating group) is 1. The Balaban J connectivity index is 1.87. The van der Waals surface area contributed by atoms with Crippen LogP contribution >= 0.6 is 0 Å². The van der Waals surface area contributed by atoms with Gasteiger partial charge in [0.25, 0.3) is 5.91 Å². The van der Waals surface area contributed by atoms with Gasteiger partial charge >= 0.3 is 0 Å². The molecule has 0 unspecified atom stereocenters. The summed E-state index contributed by atoms with van der Waals surface area (Å²) in [5, 5.41) is 2.88. The lowest BCUT2D eigenvalue weighted by atomic mass is 10.1. The Morgan fingerprint density at radius 3 is 2.56 bits per heavy atom. The van der Waals surface area contributed by atoms with Gasteiger partial charge in [0.1, 0.15) is 5.82 Å². The van der Waals surface area contributed by atoms with Crippen molar-refractivity contribution in [1.82, 2.24) is 15.1 Å². The van der Waals surface area contributed by atoms with Crippen LogP contribution in [0.2, 0.25) is 0 Å². The highest BCUT2D eigenvalue weighted by molar-refractivity contribution is 6.06. The molecule has 142 valence electrons. The molecule has 0 saturated carbocycles. The first kappa shape index (κ1) is 19.0. The Morgan fingerprint density at radius 1 is 1.11 bits per heavy atom. The van der Waals surface area contributed by atoms with Crippen molar-refractivity contribution in [3.8, 4) is 0 Å². The predicted molar refractivity (Wildman–Crippen MR) is 106 cm³/mol. The fourth-order valence-corrected chi connectivity index (χ4v) is 2.97. The zero-order valence-corrected chi connectivity index (χ0v) is 15.8. The van der Waals surface area contributed by atoms with E-state index in [0.29, 0.717) is 5.96 Å². The van der Waals surface area contributed by atoms with Gasteiger partial charge < -0.3 is 9.80 Å². The van der Waals surface area contributed by atoms with Gasteiger partial charge in [0.15, 0.2) is 0 Å². The number of benzene rings is 2. The topological polar surface area (TPSA) is 47.9 Å². The molecule has 3 rings (SSSR count). The summed E-state index contributed by atoms with van der Waals surface area (Å²) < 4.78 is 13.5. The second kappa shape index (κ2) is 8.77. The summed E-state index contributed by atoms with van der Waals surface area (Å²) in [5.74, 6) is -0.291. The average molecular weight is 368 g/mol. The molecule has 1 amide bonds. The number of aryl methyl sites for hydroxylation is 1. The molecule has 0 aromatic heterocycles. The Kier molecular flexibility index (Phi) is 6.19. The van der Waals surface area contributed by atoms with Crippen LogP contribution in [-0.2, 0) is 6.42 Å². The van der Waals surface area contributed by atoms with E-state index in [1.54, 1.807) is 6.07 Å². The lowest BCUT2D eigenvalue weighted by Gasteiger charge is -2.34. The van der Waals surface area contributed by atoms with Crippen molar-refractivity contribution in [3.05, 3.63) is 65.5 Å². The molecule has 1 aliphatic heterocycles. The van der Waals surface area contributed by atoms with Crippen LogP contribution < -0.4 is 5.32 Å². The van der Waals surface area contributed by atoms with Crippen LogP contribution in [0.4, 0.5) is 10.1 Å². The van der Waals surface area contributed by atoms with Gasteiger partial charge in [0, 0.05) is 31.7 Å². The quantitative estimate of drug-likeness (QED) is 0.669. The summed E-state index contributed by atoms with van der Waals surface area (Å²) in [6.45, 7) is 5.42. The van der Waals surface area contributed by atoms with E-state index < -0.39 is 5.82 Å². The molecule has 1 N–H and O–H groups in total. The number of halogens is 1. The molecule has 0 bridgehead atoms. The highest BCUT2D eigenvalue weighted by Gasteiger charge is 2.20. The number of carbonyl (C=O) groups excluding carboxylic acids is 1. The highest BCUT2D eigenvalue weighted by atomic mass is 19.1. The van der Waals surface area contributed by atoms with Crippen LogP contribution in [0, 0.1) is 5.82 Å². The largest absolute Gasteiger partial charge is 0.340 e. The maximum atomic E-state index is 13.5. The highest BCUT2D eigenvalue weighted by Crippen LogP contribution is 2.16. The summed E-state index contributed by atoms with van der Waals surface area (Å²) >= 11 is 0. The van der Waals surface area contributed by atoms with Crippen molar-refractivity contribution in [2.75, 3.05) is 33.2 Å². The first-order valence-electron chi connectivity index (χ1n) is 9.23.